The van der Waals surface area contributed by atoms with Crippen molar-refractivity contribution in [3.8, 4) is 5.75 Å². The summed E-state index contributed by atoms with van der Waals surface area (Å²) in [6.45, 7) is -1.44. The Balaban J connectivity index is 3.14. The Morgan fingerprint density at radius 1 is 1.50 bits per heavy atom. The van der Waals surface area contributed by atoms with Gasteiger partial charge in [-0.2, -0.15) is 0 Å². The first-order valence-corrected chi connectivity index (χ1v) is 4.50. The Morgan fingerprint density at radius 2 is 2.12 bits per heavy atom. The summed E-state index contributed by atoms with van der Waals surface area (Å²) in [5.74, 6) is -4.68. The molecule has 0 aliphatic heterocycles. The van der Waals surface area contributed by atoms with E-state index >= 15 is 0 Å². The fourth-order valence-corrected chi connectivity index (χ4v) is 1.25. The maximum absolute atomic E-state index is 13.6. The Bertz CT molecular complexity index is 371. The molecular formula is C10H12F3NO2. The molecule has 90 valence electrons. The zero-order valence-corrected chi connectivity index (χ0v) is 8.58. The standard InChI is InChI=1S/C10H12F3NO2/c1-16-7-4-2-3-6(8(7)11)9(14)10(12,13)5-15/h2-4,9,15H,5,14H2,1H3/t9-/m1/s1. The van der Waals surface area contributed by atoms with Crippen LogP contribution in [0.4, 0.5) is 13.2 Å². The van der Waals surface area contributed by atoms with E-state index in [-0.39, 0.29) is 5.75 Å². The number of benzene rings is 1. The van der Waals surface area contributed by atoms with E-state index in [0.717, 1.165) is 6.07 Å². The van der Waals surface area contributed by atoms with Crippen LogP contribution in [-0.4, -0.2) is 24.7 Å². The van der Waals surface area contributed by atoms with Crippen LogP contribution in [0.2, 0.25) is 0 Å². The Kier molecular flexibility index (Phi) is 3.77. The van der Waals surface area contributed by atoms with Crippen LogP contribution in [0.15, 0.2) is 18.2 Å². The van der Waals surface area contributed by atoms with Gasteiger partial charge in [-0.25, -0.2) is 13.2 Å². The molecule has 0 aliphatic rings. The van der Waals surface area contributed by atoms with Crippen LogP contribution in [-0.2, 0) is 0 Å². The minimum atomic E-state index is -3.58. The van der Waals surface area contributed by atoms with Crippen molar-refractivity contribution in [2.75, 3.05) is 13.7 Å². The maximum atomic E-state index is 13.6. The van der Waals surface area contributed by atoms with Gasteiger partial charge in [0.15, 0.2) is 11.6 Å². The molecule has 0 aromatic heterocycles. The Hall–Kier alpha value is -1.27. The minimum Gasteiger partial charge on any atom is -0.494 e. The van der Waals surface area contributed by atoms with Gasteiger partial charge in [-0.1, -0.05) is 12.1 Å². The molecule has 0 bridgehead atoms. The summed E-state index contributed by atoms with van der Waals surface area (Å²) in [7, 11) is 1.22. The normalized spacial score (nSPS) is 13.6. The number of aliphatic hydroxyl groups is 1. The number of hydrogen-bond acceptors (Lipinski definition) is 3. The number of alkyl halides is 2. The third-order valence-corrected chi connectivity index (χ3v) is 2.21. The number of hydrogen-bond donors (Lipinski definition) is 2. The number of aliphatic hydroxyl groups excluding tert-OH is 1. The van der Waals surface area contributed by atoms with Crippen molar-refractivity contribution >= 4 is 0 Å². The molecule has 0 radical (unpaired) electrons. The fraction of sp³-hybridized carbons (Fsp3) is 0.400. The zero-order valence-electron chi connectivity index (χ0n) is 8.58. The van der Waals surface area contributed by atoms with E-state index in [4.69, 9.17) is 10.8 Å². The van der Waals surface area contributed by atoms with Crippen molar-refractivity contribution in [2.45, 2.75) is 12.0 Å². The summed E-state index contributed by atoms with van der Waals surface area (Å²) in [5, 5.41) is 8.46. The van der Waals surface area contributed by atoms with Crippen LogP contribution >= 0.6 is 0 Å². The quantitative estimate of drug-likeness (QED) is 0.830. The van der Waals surface area contributed by atoms with Crippen LogP contribution < -0.4 is 10.5 Å². The number of rotatable bonds is 4. The first-order valence-electron chi connectivity index (χ1n) is 4.50. The van der Waals surface area contributed by atoms with E-state index in [2.05, 4.69) is 4.74 Å². The lowest BCUT2D eigenvalue weighted by atomic mass is 10.0. The van der Waals surface area contributed by atoms with Crippen LogP contribution in [0.1, 0.15) is 11.6 Å². The Morgan fingerprint density at radius 3 is 2.62 bits per heavy atom. The summed E-state index contributed by atoms with van der Waals surface area (Å²) < 4.78 is 44.3. The number of halogens is 3. The zero-order chi connectivity index (χ0) is 12.3. The van der Waals surface area contributed by atoms with E-state index in [1.54, 1.807) is 0 Å². The lowest BCUT2D eigenvalue weighted by Gasteiger charge is -2.22. The molecule has 3 nitrogen and oxygen atoms in total. The molecule has 6 heteroatoms. The summed E-state index contributed by atoms with van der Waals surface area (Å²) >= 11 is 0. The monoisotopic (exact) mass is 235 g/mol. The molecule has 0 spiro atoms. The molecule has 0 aliphatic carbocycles. The van der Waals surface area contributed by atoms with Crippen molar-refractivity contribution in [1.82, 2.24) is 0 Å². The van der Waals surface area contributed by atoms with Gasteiger partial charge >= 0.3 is 0 Å². The molecule has 1 aromatic rings. The molecule has 1 atom stereocenters. The van der Waals surface area contributed by atoms with E-state index in [1.165, 1.54) is 19.2 Å². The van der Waals surface area contributed by atoms with Gasteiger partial charge in [0.1, 0.15) is 6.61 Å². The highest BCUT2D eigenvalue weighted by Gasteiger charge is 2.39. The van der Waals surface area contributed by atoms with Gasteiger partial charge in [0.05, 0.1) is 13.2 Å². The number of nitrogens with two attached hydrogens (primary N) is 1. The van der Waals surface area contributed by atoms with Crippen molar-refractivity contribution in [3.63, 3.8) is 0 Å². The summed E-state index contributed by atoms with van der Waals surface area (Å²) in [5.41, 5.74) is 4.81. The second kappa shape index (κ2) is 4.71. The third kappa shape index (κ3) is 2.28. The van der Waals surface area contributed by atoms with Crippen LogP contribution in [0.25, 0.3) is 0 Å². The van der Waals surface area contributed by atoms with Gasteiger partial charge in [-0.3, -0.25) is 0 Å². The SMILES string of the molecule is COc1cccc([C@@H](N)C(F)(F)CO)c1F. The van der Waals surface area contributed by atoms with Crippen molar-refractivity contribution in [1.29, 1.82) is 0 Å². The van der Waals surface area contributed by atoms with Crippen molar-refractivity contribution in [3.05, 3.63) is 29.6 Å². The third-order valence-electron chi connectivity index (χ3n) is 2.21. The predicted molar refractivity (Wildman–Crippen MR) is 51.9 cm³/mol. The lowest BCUT2D eigenvalue weighted by Crippen LogP contribution is -2.36. The highest BCUT2D eigenvalue weighted by atomic mass is 19.3. The van der Waals surface area contributed by atoms with Gasteiger partial charge in [0.25, 0.3) is 5.92 Å². The minimum absolute atomic E-state index is 0.165. The number of ether oxygens (including phenoxy) is 1. The summed E-state index contributed by atoms with van der Waals surface area (Å²) in [6.07, 6.45) is 0. The largest absolute Gasteiger partial charge is 0.494 e. The molecule has 1 rings (SSSR count). The highest BCUT2D eigenvalue weighted by molar-refractivity contribution is 5.33. The number of methoxy groups -OCH3 is 1. The summed E-state index contributed by atoms with van der Waals surface area (Å²) in [4.78, 5) is 0. The second-order valence-electron chi connectivity index (χ2n) is 3.26. The van der Waals surface area contributed by atoms with Gasteiger partial charge in [0, 0.05) is 5.56 Å². The molecule has 3 N–H and O–H groups in total. The fourth-order valence-electron chi connectivity index (χ4n) is 1.25. The van der Waals surface area contributed by atoms with Crippen LogP contribution in [0, 0.1) is 5.82 Å². The molecular weight excluding hydrogens is 223 g/mol. The first-order chi connectivity index (χ1) is 7.44. The molecule has 0 saturated heterocycles. The van der Waals surface area contributed by atoms with E-state index in [9.17, 15) is 13.2 Å². The van der Waals surface area contributed by atoms with Crippen molar-refractivity contribution in [2.24, 2.45) is 5.73 Å². The molecule has 0 saturated carbocycles. The first kappa shape index (κ1) is 12.8. The predicted octanol–water partition coefficient (Wildman–Crippen LogP) is 1.46. The lowest BCUT2D eigenvalue weighted by molar-refractivity contribution is -0.0719. The average Bonchev–Trinajstić information content (AvgIpc) is 2.28. The van der Waals surface area contributed by atoms with Gasteiger partial charge in [-0.15, -0.1) is 0 Å². The van der Waals surface area contributed by atoms with E-state index in [1.807, 2.05) is 0 Å². The molecule has 0 fully saturated rings. The average molecular weight is 235 g/mol. The molecule has 0 heterocycles. The maximum Gasteiger partial charge on any atom is 0.289 e. The Labute approximate surface area is 90.6 Å². The van der Waals surface area contributed by atoms with Gasteiger partial charge in [-0.05, 0) is 6.07 Å². The summed E-state index contributed by atoms with van der Waals surface area (Å²) in [6, 6.07) is 1.87. The van der Waals surface area contributed by atoms with Crippen molar-refractivity contribution < 1.29 is 23.0 Å². The molecule has 0 amide bonds. The molecule has 1 aromatic carbocycles. The molecule has 16 heavy (non-hydrogen) atoms. The van der Waals surface area contributed by atoms with E-state index < -0.39 is 30.0 Å². The smallest absolute Gasteiger partial charge is 0.289 e. The second-order valence-corrected chi connectivity index (χ2v) is 3.26. The van der Waals surface area contributed by atoms with Crippen LogP contribution in [0.5, 0.6) is 5.75 Å². The molecule has 0 unspecified atom stereocenters. The van der Waals surface area contributed by atoms with Crippen LogP contribution in [0.3, 0.4) is 0 Å². The topological polar surface area (TPSA) is 55.5 Å². The highest BCUT2D eigenvalue weighted by Crippen LogP contribution is 2.32. The van der Waals surface area contributed by atoms with Gasteiger partial charge in [0.2, 0.25) is 0 Å². The van der Waals surface area contributed by atoms with E-state index in [0.29, 0.717) is 0 Å². The van der Waals surface area contributed by atoms with Gasteiger partial charge < -0.3 is 15.6 Å².